The number of benzene rings is 1. The number of piperazine rings is 1. The Labute approximate surface area is 198 Å². The average Bonchev–Trinajstić information content (AvgIpc) is 3.05. The first-order valence-corrected chi connectivity index (χ1v) is 11.1. The highest BCUT2D eigenvalue weighted by molar-refractivity contribution is 6.05. The van der Waals surface area contributed by atoms with Crippen molar-refractivity contribution in [3.05, 3.63) is 64.4 Å². The van der Waals surface area contributed by atoms with E-state index >= 15 is 0 Å². The molecule has 3 aliphatic rings. The molecule has 3 N–H and O–H groups in total. The lowest BCUT2D eigenvalue weighted by atomic mass is 9.99. The van der Waals surface area contributed by atoms with Gasteiger partial charge in [-0.1, -0.05) is 6.07 Å². The lowest BCUT2D eigenvalue weighted by Gasteiger charge is -2.43. The number of dihydropyridines is 1. The normalized spacial score (nSPS) is 23.0. The smallest absolute Gasteiger partial charge is 0.364 e. The van der Waals surface area contributed by atoms with Crippen LogP contribution in [0.4, 0.5) is 27.6 Å². The second kappa shape index (κ2) is 8.36. The Kier molecular flexibility index (Phi) is 5.58. The summed E-state index contributed by atoms with van der Waals surface area (Å²) < 4.78 is 70.0. The molecule has 3 aliphatic heterocycles. The number of aromatic nitrogens is 2. The molecule has 5 rings (SSSR count). The molecule has 1 fully saturated rings. The Morgan fingerprint density at radius 3 is 2.51 bits per heavy atom. The first kappa shape index (κ1) is 23.3. The predicted octanol–water partition coefficient (Wildman–Crippen LogP) is 3.40. The van der Waals surface area contributed by atoms with Gasteiger partial charge in [0.05, 0.1) is 17.3 Å². The van der Waals surface area contributed by atoms with E-state index in [1.54, 1.807) is 17.9 Å². The maximum absolute atomic E-state index is 14.6. The minimum atomic E-state index is -4.36. The van der Waals surface area contributed by atoms with Gasteiger partial charge in [-0.25, -0.2) is 13.8 Å². The molecule has 0 amide bonds. The third kappa shape index (κ3) is 4.05. The van der Waals surface area contributed by atoms with E-state index in [0.29, 0.717) is 40.7 Å². The summed E-state index contributed by atoms with van der Waals surface area (Å²) >= 11 is 0. The van der Waals surface area contributed by atoms with Gasteiger partial charge in [0, 0.05) is 30.9 Å². The van der Waals surface area contributed by atoms with Gasteiger partial charge >= 0.3 is 6.18 Å². The Hall–Kier alpha value is -3.41. The molecule has 1 aromatic heterocycles. The van der Waals surface area contributed by atoms with Gasteiger partial charge in [-0.3, -0.25) is 10.00 Å². The summed E-state index contributed by atoms with van der Waals surface area (Å²) in [6.45, 7) is 3.97. The molecule has 4 heterocycles. The second-order valence-electron chi connectivity index (χ2n) is 8.93. The zero-order valence-electron chi connectivity index (χ0n) is 19.3. The van der Waals surface area contributed by atoms with Crippen LogP contribution in [0.1, 0.15) is 23.9 Å². The summed E-state index contributed by atoms with van der Waals surface area (Å²) in [5.74, 6) is -1.04. The second-order valence-corrected chi connectivity index (χ2v) is 8.93. The highest BCUT2D eigenvalue weighted by Gasteiger charge is 2.46. The van der Waals surface area contributed by atoms with Gasteiger partial charge in [0.2, 0.25) is 0 Å². The number of nitrogens with one attached hydrogen (secondary N) is 3. The number of hydrogen-bond donors (Lipinski definition) is 3. The van der Waals surface area contributed by atoms with Crippen LogP contribution >= 0.6 is 0 Å². The Morgan fingerprint density at radius 1 is 1.11 bits per heavy atom. The summed E-state index contributed by atoms with van der Waals surface area (Å²) in [6.07, 6.45) is -2.64. The van der Waals surface area contributed by atoms with Crippen LogP contribution in [-0.2, 0) is 0 Å². The van der Waals surface area contributed by atoms with Gasteiger partial charge in [0.1, 0.15) is 40.7 Å². The number of alkyl halides is 3. The number of aryl methyl sites for hydroxylation is 1. The number of H-pyrrole nitrogens is 1. The number of aliphatic imine (C=N–C) groups is 1. The number of amidine groups is 1. The topological polar surface area (TPSA) is 71.6 Å². The van der Waals surface area contributed by atoms with Crippen LogP contribution in [0.15, 0.2) is 40.8 Å². The van der Waals surface area contributed by atoms with Crippen molar-refractivity contribution in [2.45, 2.75) is 32.1 Å². The van der Waals surface area contributed by atoms with Crippen molar-refractivity contribution in [2.75, 3.05) is 26.7 Å². The minimum absolute atomic E-state index is 0.0152. The van der Waals surface area contributed by atoms with E-state index in [-0.39, 0.29) is 24.5 Å². The summed E-state index contributed by atoms with van der Waals surface area (Å²) in [7, 11) is 1.47. The van der Waals surface area contributed by atoms with Crippen LogP contribution in [0.3, 0.4) is 0 Å². The van der Waals surface area contributed by atoms with E-state index in [0.717, 1.165) is 12.1 Å². The lowest BCUT2D eigenvalue weighted by molar-refractivity contribution is -0.191. The van der Waals surface area contributed by atoms with Crippen LogP contribution in [0.2, 0.25) is 0 Å². The molecule has 0 aliphatic carbocycles. The molecule has 2 unspecified atom stereocenters. The fourth-order valence-corrected chi connectivity index (χ4v) is 4.64. The zero-order valence-corrected chi connectivity index (χ0v) is 19.3. The summed E-state index contributed by atoms with van der Waals surface area (Å²) in [6, 6.07) is 1.54. The maximum atomic E-state index is 14.6. The molecule has 12 heteroatoms. The summed E-state index contributed by atoms with van der Waals surface area (Å²) in [5.41, 5.74) is 2.27. The lowest BCUT2D eigenvalue weighted by Crippen LogP contribution is -2.58. The Morgan fingerprint density at radius 2 is 1.83 bits per heavy atom. The van der Waals surface area contributed by atoms with Gasteiger partial charge in [-0.15, -0.1) is 0 Å². The van der Waals surface area contributed by atoms with Crippen LogP contribution in [0.5, 0.6) is 0 Å². The third-order valence-corrected chi connectivity index (χ3v) is 6.58. The molecule has 7 nitrogen and oxygen atoms in total. The number of allylic oxidation sites excluding steroid dienone is 2. The molecule has 186 valence electrons. The summed E-state index contributed by atoms with van der Waals surface area (Å²) in [5, 5.41) is 13.5. The quantitative estimate of drug-likeness (QED) is 0.560. The molecular weight excluding hydrogens is 469 g/mol. The fraction of sp³-hybridized carbons (Fsp3) is 0.391. The van der Waals surface area contributed by atoms with Gasteiger partial charge in [-0.2, -0.15) is 18.3 Å². The highest BCUT2D eigenvalue weighted by atomic mass is 19.4. The third-order valence-electron chi connectivity index (χ3n) is 6.58. The van der Waals surface area contributed by atoms with Crippen molar-refractivity contribution in [3.8, 4) is 0 Å². The molecule has 1 aromatic carbocycles. The first-order valence-electron chi connectivity index (χ1n) is 11.1. The molecule has 1 saturated heterocycles. The highest BCUT2D eigenvalue weighted by Crippen LogP contribution is 2.37. The number of halogens is 5. The van der Waals surface area contributed by atoms with Crippen molar-refractivity contribution in [3.63, 3.8) is 0 Å². The monoisotopic (exact) mass is 493 g/mol. The fourth-order valence-electron chi connectivity index (χ4n) is 4.64. The first-order chi connectivity index (χ1) is 16.5. The van der Waals surface area contributed by atoms with Gasteiger partial charge in [-0.05, 0) is 39.1 Å². The molecule has 35 heavy (non-hydrogen) atoms. The number of rotatable bonds is 2. The molecule has 0 bridgehead atoms. The molecule has 0 radical (unpaired) electrons. The Balaban J connectivity index is 1.58. The van der Waals surface area contributed by atoms with Crippen molar-refractivity contribution < 1.29 is 22.0 Å². The molecule has 0 saturated carbocycles. The van der Waals surface area contributed by atoms with Crippen LogP contribution < -0.4 is 10.6 Å². The summed E-state index contributed by atoms with van der Waals surface area (Å²) in [4.78, 5) is 7.48. The predicted molar refractivity (Wildman–Crippen MR) is 121 cm³/mol. The van der Waals surface area contributed by atoms with E-state index in [4.69, 9.17) is 0 Å². The SMILES string of the molecule is Cc1[nH]nc2c1N=C(c1c(F)cccc1F)NC1=C2C=C(N2CCN(C)C(C(F)(F)F)C2)NC1C. The van der Waals surface area contributed by atoms with E-state index in [1.807, 2.05) is 6.92 Å². The molecular formula is C23H24F5N7. The van der Waals surface area contributed by atoms with E-state index in [2.05, 4.69) is 25.8 Å². The number of fused-ring (bicyclic) bond motifs is 2. The molecule has 2 aromatic rings. The van der Waals surface area contributed by atoms with E-state index in [9.17, 15) is 22.0 Å². The van der Waals surface area contributed by atoms with Gasteiger partial charge in [0.15, 0.2) is 0 Å². The molecule has 2 atom stereocenters. The van der Waals surface area contributed by atoms with E-state index in [1.165, 1.54) is 18.0 Å². The number of likely N-dealkylation sites (N-methyl/N-ethyl adjacent to an activating group) is 1. The Bertz CT molecular complexity index is 1240. The average molecular weight is 493 g/mol. The van der Waals surface area contributed by atoms with Crippen LogP contribution in [0, 0.1) is 18.6 Å². The van der Waals surface area contributed by atoms with Gasteiger partial charge in [0.25, 0.3) is 0 Å². The van der Waals surface area contributed by atoms with Crippen LogP contribution in [-0.4, -0.2) is 70.8 Å². The number of hydrogen-bond acceptors (Lipinski definition) is 6. The van der Waals surface area contributed by atoms with Crippen molar-refractivity contribution >= 4 is 17.1 Å². The molecule has 0 spiro atoms. The van der Waals surface area contributed by atoms with Crippen molar-refractivity contribution in [1.82, 2.24) is 30.6 Å². The minimum Gasteiger partial charge on any atom is -0.364 e. The zero-order chi connectivity index (χ0) is 25.1. The maximum Gasteiger partial charge on any atom is 0.405 e. The van der Waals surface area contributed by atoms with E-state index < -0.39 is 29.9 Å². The van der Waals surface area contributed by atoms with Gasteiger partial charge < -0.3 is 15.5 Å². The largest absolute Gasteiger partial charge is 0.405 e. The standard InChI is InChI=1S/C23H24F5N7/c1-11-19-13(9-17(29-11)35-8-7-34(3)16(10-35)23(26,27)28)21-20(12(2)32-33-21)31-22(30-19)18-14(24)5-4-6-15(18)25/h4-6,9,11,16,29H,7-8,10H2,1-3H3,(H,30,31)(H,32,33). The van der Waals surface area contributed by atoms with Crippen molar-refractivity contribution in [1.29, 1.82) is 0 Å². The van der Waals surface area contributed by atoms with Crippen LogP contribution in [0.25, 0.3) is 5.57 Å². The van der Waals surface area contributed by atoms with Crippen molar-refractivity contribution in [2.24, 2.45) is 4.99 Å². The number of nitrogens with zero attached hydrogens (tertiary/aromatic N) is 4. The number of aromatic amines is 1.